The molecule has 0 radical (unpaired) electrons. The number of nitrogens with one attached hydrogen (secondary N) is 1. The quantitative estimate of drug-likeness (QED) is 0.922. The van der Waals surface area contributed by atoms with E-state index in [1.165, 1.54) is 12.0 Å². The summed E-state index contributed by atoms with van der Waals surface area (Å²) in [5, 5.41) is 3.56. The lowest BCUT2D eigenvalue weighted by molar-refractivity contribution is 0.0704. The van der Waals surface area contributed by atoms with Crippen molar-refractivity contribution >= 4 is 5.91 Å². The van der Waals surface area contributed by atoms with Crippen molar-refractivity contribution in [3.05, 3.63) is 34.4 Å². The van der Waals surface area contributed by atoms with E-state index in [4.69, 9.17) is 0 Å². The molecule has 1 N–H and O–H groups in total. The van der Waals surface area contributed by atoms with Gasteiger partial charge in [0.05, 0.1) is 0 Å². The van der Waals surface area contributed by atoms with Gasteiger partial charge in [-0.2, -0.15) is 0 Å². The third-order valence-corrected chi connectivity index (χ3v) is 4.36. The first-order chi connectivity index (χ1) is 10.0. The highest BCUT2D eigenvalue weighted by Crippen LogP contribution is 2.21. The SMILES string of the molecule is CCCNC1CCN(C(=O)c2c(C)cc(C)cc2C)CC1. The van der Waals surface area contributed by atoms with E-state index in [9.17, 15) is 4.79 Å². The lowest BCUT2D eigenvalue weighted by atomic mass is 9.97. The predicted octanol–water partition coefficient (Wildman–Crippen LogP) is 3.22. The molecule has 2 rings (SSSR count). The number of piperidine rings is 1. The minimum Gasteiger partial charge on any atom is -0.339 e. The minimum atomic E-state index is 0.207. The van der Waals surface area contributed by atoms with Crippen molar-refractivity contribution in [2.45, 2.75) is 53.0 Å². The van der Waals surface area contributed by atoms with Crippen LogP contribution in [0.1, 0.15) is 53.2 Å². The zero-order valence-electron chi connectivity index (χ0n) is 13.8. The summed E-state index contributed by atoms with van der Waals surface area (Å²) in [6.45, 7) is 11.2. The fourth-order valence-corrected chi connectivity index (χ4v) is 3.31. The van der Waals surface area contributed by atoms with Gasteiger partial charge in [-0.3, -0.25) is 4.79 Å². The summed E-state index contributed by atoms with van der Waals surface area (Å²) in [6.07, 6.45) is 3.30. The minimum absolute atomic E-state index is 0.207. The lowest BCUT2D eigenvalue weighted by Crippen LogP contribution is -2.45. The summed E-state index contributed by atoms with van der Waals surface area (Å²) in [4.78, 5) is 14.8. The molecule has 0 spiro atoms. The van der Waals surface area contributed by atoms with Crippen molar-refractivity contribution in [1.29, 1.82) is 0 Å². The Balaban J connectivity index is 2.02. The standard InChI is InChI=1S/C18H28N2O/c1-5-8-19-16-6-9-20(10-7-16)18(21)17-14(3)11-13(2)12-15(17)4/h11-12,16,19H,5-10H2,1-4H3. The molecule has 0 saturated carbocycles. The second-order valence-corrected chi connectivity index (χ2v) is 6.29. The Morgan fingerprint density at radius 1 is 1.19 bits per heavy atom. The number of carbonyl (C=O) groups is 1. The van der Waals surface area contributed by atoms with E-state index < -0.39 is 0 Å². The highest BCUT2D eigenvalue weighted by atomic mass is 16.2. The van der Waals surface area contributed by atoms with Crippen LogP contribution in [0.3, 0.4) is 0 Å². The predicted molar refractivity (Wildman–Crippen MR) is 87.9 cm³/mol. The zero-order chi connectivity index (χ0) is 15.4. The third kappa shape index (κ3) is 3.85. The average molecular weight is 288 g/mol. The van der Waals surface area contributed by atoms with Gasteiger partial charge in [-0.05, 0) is 57.7 Å². The van der Waals surface area contributed by atoms with Crippen LogP contribution in [0.15, 0.2) is 12.1 Å². The molecule has 1 aromatic carbocycles. The van der Waals surface area contributed by atoms with E-state index in [0.29, 0.717) is 6.04 Å². The van der Waals surface area contributed by atoms with E-state index in [1.807, 2.05) is 18.7 Å². The number of carbonyl (C=O) groups excluding carboxylic acids is 1. The maximum Gasteiger partial charge on any atom is 0.254 e. The molecule has 1 saturated heterocycles. The highest BCUT2D eigenvalue weighted by molar-refractivity contribution is 5.97. The Labute approximate surface area is 128 Å². The highest BCUT2D eigenvalue weighted by Gasteiger charge is 2.25. The molecule has 1 aliphatic rings. The van der Waals surface area contributed by atoms with Gasteiger partial charge >= 0.3 is 0 Å². The van der Waals surface area contributed by atoms with E-state index in [2.05, 4.69) is 31.3 Å². The second kappa shape index (κ2) is 7.08. The van der Waals surface area contributed by atoms with Crippen molar-refractivity contribution in [2.24, 2.45) is 0 Å². The van der Waals surface area contributed by atoms with Crippen LogP contribution in [0.25, 0.3) is 0 Å². The number of aryl methyl sites for hydroxylation is 3. The summed E-state index contributed by atoms with van der Waals surface area (Å²) in [5.74, 6) is 0.207. The molecule has 3 nitrogen and oxygen atoms in total. The monoisotopic (exact) mass is 288 g/mol. The first-order valence-electron chi connectivity index (χ1n) is 8.13. The van der Waals surface area contributed by atoms with E-state index >= 15 is 0 Å². The largest absolute Gasteiger partial charge is 0.339 e. The van der Waals surface area contributed by atoms with Crippen LogP contribution in [0, 0.1) is 20.8 Å². The molecule has 3 heteroatoms. The molecule has 0 aliphatic carbocycles. The van der Waals surface area contributed by atoms with Crippen LogP contribution < -0.4 is 5.32 Å². The molecule has 21 heavy (non-hydrogen) atoms. The maximum absolute atomic E-state index is 12.8. The normalized spacial score (nSPS) is 16.3. The lowest BCUT2D eigenvalue weighted by Gasteiger charge is -2.33. The van der Waals surface area contributed by atoms with Crippen molar-refractivity contribution in [3.8, 4) is 0 Å². The van der Waals surface area contributed by atoms with Crippen molar-refractivity contribution < 1.29 is 4.79 Å². The number of benzene rings is 1. The Hall–Kier alpha value is -1.35. The van der Waals surface area contributed by atoms with Gasteiger partial charge in [-0.15, -0.1) is 0 Å². The summed E-state index contributed by atoms with van der Waals surface area (Å²) in [6, 6.07) is 4.79. The third-order valence-electron chi connectivity index (χ3n) is 4.36. The van der Waals surface area contributed by atoms with Crippen LogP contribution in [-0.4, -0.2) is 36.5 Å². The molecule has 0 unspecified atom stereocenters. The molecule has 1 aliphatic heterocycles. The Morgan fingerprint density at radius 3 is 2.29 bits per heavy atom. The Bertz CT molecular complexity index is 479. The molecule has 0 bridgehead atoms. The van der Waals surface area contributed by atoms with Crippen LogP contribution in [-0.2, 0) is 0 Å². The van der Waals surface area contributed by atoms with E-state index in [1.54, 1.807) is 0 Å². The molecule has 116 valence electrons. The zero-order valence-corrected chi connectivity index (χ0v) is 13.8. The van der Waals surface area contributed by atoms with Gasteiger partial charge < -0.3 is 10.2 Å². The van der Waals surface area contributed by atoms with E-state index in [-0.39, 0.29) is 5.91 Å². The van der Waals surface area contributed by atoms with Gasteiger partial charge in [-0.25, -0.2) is 0 Å². The Morgan fingerprint density at radius 2 is 1.76 bits per heavy atom. The van der Waals surface area contributed by atoms with Crippen LogP contribution >= 0.6 is 0 Å². The molecule has 0 aromatic heterocycles. The van der Waals surface area contributed by atoms with Crippen LogP contribution in [0.2, 0.25) is 0 Å². The van der Waals surface area contributed by atoms with Gasteiger partial charge in [0, 0.05) is 24.7 Å². The van der Waals surface area contributed by atoms with Gasteiger partial charge in [0.2, 0.25) is 0 Å². The molecule has 1 aromatic rings. The number of nitrogens with zero attached hydrogens (tertiary/aromatic N) is 1. The second-order valence-electron chi connectivity index (χ2n) is 6.29. The van der Waals surface area contributed by atoms with Crippen LogP contribution in [0.5, 0.6) is 0 Å². The maximum atomic E-state index is 12.8. The fourth-order valence-electron chi connectivity index (χ4n) is 3.31. The molecular weight excluding hydrogens is 260 g/mol. The number of rotatable bonds is 4. The number of hydrogen-bond acceptors (Lipinski definition) is 2. The van der Waals surface area contributed by atoms with Gasteiger partial charge in [0.25, 0.3) is 5.91 Å². The smallest absolute Gasteiger partial charge is 0.254 e. The van der Waals surface area contributed by atoms with E-state index in [0.717, 1.165) is 49.2 Å². The summed E-state index contributed by atoms with van der Waals surface area (Å²) < 4.78 is 0. The molecule has 1 fully saturated rings. The summed E-state index contributed by atoms with van der Waals surface area (Å²) >= 11 is 0. The van der Waals surface area contributed by atoms with Crippen LogP contribution in [0.4, 0.5) is 0 Å². The molecule has 1 amide bonds. The number of likely N-dealkylation sites (tertiary alicyclic amines) is 1. The van der Waals surface area contributed by atoms with Gasteiger partial charge in [-0.1, -0.05) is 24.6 Å². The van der Waals surface area contributed by atoms with Crippen molar-refractivity contribution in [3.63, 3.8) is 0 Å². The van der Waals surface area contributed by atoms with Crippen molar-refractivity contribution in [1.82, 2.24) is 10.2 Å². The first-order valence-corrected chi connectivity index (χ1v) is 8.13. The van der Waals surface area contributed by atoms with Gasteiger partial charge in [0.1, 0.15) is 0 Å². The Kier molecular flexibility index (Phi) is 5.40. The number of hydrogen-bond donors (Lipinski definition) is 1. The van der Waals surface area contributed by atoms with Crippen molar-refractivity contribution in [2.75, 3.05) is 19.6 Å². The topological polar surface area (TPSA) is 32.3 Å². The summed E-state index contributed by atoms with van der Waals surface area (Å²) in [7, 11) is 0. The number of amides is 1. The van der Waals surface area contributed by atoms with Gasteiger partial charge in [0.15, 0.2) is 0 Å². The molecular formula is C18H28N2O. The fraction of sp³-hybridized carbons (Fsp3) is 0.611. The molecule has 1 heterocycles. The summed E-state index contributed by atoms with van der Waals surface area (Å²) in [5.41, 5.74) is 4.33. The molecule has 0 atom stereocenters. The first kappa shape index (κ1) is 16.0. The average Bonchev–Trinajstić information content (AvgIpc) is 2.44.